The van der Waals surface area contributed by atoms with Crippen LogP contribution < -0.4 is 10.9 Å². The van der Waals surface area contributed by atoms with E-state index in [-0.39, 0.29) is 17.9 Å². The number of carbonyl (C=O) groups excluding carboxylic acids is 1. The van der Waals surface area contributed by atoms with Gasteiger partial charge in [-0.2, -0.15) is 0 Å². The Morgan fingerprint density at radius 2 is 2.08 bits per heavy atom. The first-order valence-electron chi connectivity index (χ1n) is 8.30. The van der Waals surface area contributed by atoms with E-state index >= 15 is 0 Å². The highest BCUT2D eigenvalue weighted by molar-refractivity contribution is 5.84. The third kappa shape index (κ3) is 4.98. The third-order valence-electron chi connectivity index (χ3n) is 3.83. The Labute approximate surface area is 150 Å². The summed E-state index contributed by atoms with van der Waals surface area (Å²) in [6.07, 6.45) is 3.27. The number of nitrogens with one attached hydrogen (secondary N) is 2. The maximum Gasteiger partial charge on any atom is 0.326 e. The van der Waals surface area contributed by atoms with Gasteiger partial charge in [-0.05, 0) is 31.4 Å². The van der Waals surface area contributed by atoms with E-state index < -0.39 is 23.5 Å². The average molecular weight is 358 g/mol. The summed E-state index contributed by atoms with van der Waals surface area (Å²) in [5.41, 5.74) is 0.858. The lowest BCUT2D eigenvalue weighted by Gasteiger charge is -2.16. The molecule has 0 spiro atoms. The lowest BCUT2D eigenvalue weighted by atomic mass is 10.0. The van der Waals surface area contributed by atoms with E-state index in [0.29, 0.717) is 23.5 Å². The van der Waals surface area contributed by atoms with Crippen molar-refractivity contribution < 1.29 is 14.7 Å². The maximum absolute atomic E-state index is 12.4. The summed E-state index contributed by atoms with van der Waals surface area (Å²) < 4.78 is 0. The highest BCUT2D eigenvalue weighted by Gasteiger charge is 2.22. The smallest absolute Gasteiger partial charge is 0.326 e. The molecule has 26 heavy (non-hydrogen) atoms. The molecule has 0 radical (unpaired) electrons. The molecule has 0 aliphatic rings. The quantitative estimate of drug-likeness (QED) is 0.685. The van der Waals surface area contributed by atoms with Gasteiger partial charge in [-0.3, -0.25) is 14.6 Å². The van der Waals surface area contributed by atoms with E-state index in [1.165, 1.54) is 0 Å². The van der Waals surface area contributed by atoms with E-state index in [1.807, 2.05) is 13.8 Å². The van der Waals surface area contributed by atoms with Crippen molar-refractivity contribution in [1.82, 2.24) is 20.3 Å². The number of rotatable bonds is 7. The largest absolute Gasteiger partial charge is 0.480 e. The summed E-state index contributed by atoms with van der Waals surface area (Å²) in [5, 5.41) is 11.7. The number of carbonyl (C=O) groups is 2. The number of hydrogen-bond acceptors (Lipinski definition) is 5. The van der Waals surface area contributed by atoms with Crippen LogP contribution in [-0.2, 0) is 16.0 Å². The molecule has 0 saturated heterocycles. The average Bonchev–Trinajstić information content (AvgIpc) is 2.57. The first-order valence-corrected chi connectivity index (χ1v) is 8.30. The van der Waals surface area contributed by atoms with Crippen molar-refractivity contribution in [1.29, 1.82) is 0 Å². The molecule has 2 heterocycles. The predicted molar refractivity (Wildman–Crippen MR) is 95.6 cm³/mol. The lowest BCUT2D eigenvalue weighted by Crippen LogP contribution is -2.43. The van der Waals surface area contributed by atoms with Crippen molar-refractivity contribution in [3.63, 3.8) is 0 Å². The van der Waals surface area contributed by atoms with Gasteiger partial charge in [-0.15, -0.1) is 0 Å². The molecular weight excluding hydrogens is 336 g/mol. The number of aromatic nitrogens is 3. The molecule has 2 aromatic rings. The number of nitrogens with zero attached hydrogens (tertiary/aromatic N) is 2. The number of carboxylic acids is 1. The van der Waals surface area contributed by atoms with Crippen LogP contribution in [0.3, 0.4) is 0 Å². The summed E-state index contributed by atoms with van der Waals surface area (Å²) in [6, 6.07) is 2.51. The summed E-state index contributed by atoms with van der Waals surface area (Å²) in [7, 11) is 0. The van der Waals surface area contributed by atoms with Crippen LogP contribution in [0.1, 0.15) is 31.5 Å². The molecular formula is C18H22N4O4. The zero-order chi connectivity index (χ0) is 19.3. The minimum absolute atomic E-state index is 0.113. The van der Waals surface area contributed by atoms with E-state index in [2.05, 4.69) is 20.3 Å². The van der Waals surface area contributed by atoms with E-state index in [1.54, 1.807) is 31.5 Å². The first kappa shape index (κ1) is 19.3. The van der Waals surface area contributed by atoms with Gasteiger partial charge in [0.1, 0.15) is 11.9 Å². The van der Waals surface area contributed by atoms with Crippen molar-refractivity contribution in [2.75, 3.05) is 0 Å². The number of aryl methyl sites for hydroxylation is 1. The van der Waals surface area contributed by atoms with Crippen LogP contribution in [0.2, 0.25) is 0 Å². The monoisotopic (exact) mass is 358 g/mol. The Hall–Kier alpha value is -3.03. The highest BCUT2D eigenvalue weighted by atomic mass is 16.4. The summed E-state index contributed by atoms with van der Waals surface area (Å²) in [5.74, 6) is -1.14. The van der Waals surface area contributed by atoms with E-state index in [9.17, 15) is 19.5 Å². The summed E-state index contributed by atoms with van der Waals surface area (Å²) >= 11 is 0. The molecule has 0 unspecified atom stereocenters. The summed E-state index contributed by atoms with van der Waals surface area (Å²) in [6.45, 7) is 5.39. The highest BCUT2D eigenvalue weighted by Crippen LogP contribution is 2.13. The van der Waals surface area contributed by atoms with Crippen LogP contribution in [0.15, 0.2) is 29.3 Å². The molecule has 1 amide bonds. The minimum atomic E-state index is -1.09. The first-order chi connectivity index (χ1) is 12.3. The fraction of sp³-hybridized carbons (Fsp3) is 0.389. The zero-order valence-electron chi connectivity index (χ0n) is 14.9. The van der Waals surface area contributed by atoms with Crippen molar-refractivity contribution in [2.24, 2.45) is 5.92 Å². The third-order valence-corrected chi connectivity index (χ3v) is 3.83. The van der Waals surface area contributed by atoms with Gasteiger partial charge in [0.05, 0.1) is 6.42 Å². The second-order valence-electron chi connectivity index (χ2n) is 6.48. The van der Waals surface area contributed by atoms with Gasteiger partial charge in [0, 0.05) is 29.2 Å². The zero-order valence-corrected chi connectivity index (χ0v) is 14.9. The normalized spacial score (nSPS) is 12.0. The topological polar surface area (TPSA) is 125 Å². The Balaban J connectivity index is 2.18. The van der Waals surface area contributed by atoms with Crippen molar-refractivity contribution in [3.05, 3.63) is 46.1 Å². The number of hydrogen-bond donors (Lipinski definition) is 3. The van der Waals surface area contributed by atoms with Crippen LogP contribution in [-0.4, -0.2) is 38.0 Å². The molecule has 2 rings (SSSR count). The minimum Gasteiger partial charge on any atom is -0.480 e. The molecule has 8 heteroatoms. The van der Waals surface area contributed by atoms with Gasteiger partial charge in [0.15, 0.2) is 0 Å². The van der Waals surface area contributed by atoms with Crippen LogP contribution in [0, 0.1) is 12.8 Å². The second kappa shape index (κ2) is 8.37. The molecule has 8 nitrogen and oxygen atoms in total. The Bertz CT molecular complexity index is 846. The summed E-state index contributed by atoms with van der Waals surface area (Å²) in [4.78, 5) is 46.8. The molecule has 2 aromatic heterocycles. The molecule has 1 atom stereocenters. The second-order valence-corrected chi connectivity index (χ2v) is 6.48. The number of aliphatic carboxylic acids is 1. The van der Waals surface area contributed by atoms with Gasteiger partial charge < -0.3 is 15.4 Å². The predicted octanol–water partition coefficient (Wildman–Crippen LogP) is 1.30. The van der Waals surface area contributed by atoms with Crippen molar-refractivity contribution in [2.45, 2.75) is 39.7 Å². The molecule has 0 aromatic carbocycles. The molecule has 0 aliphatic heterocycles. The van der Waals surface area contributed by atoms with Crippen LogP contribution in [0.4, 0.5) is 0 Å². The van der Waals surface area contributed by atoms with Gasteiger partial charge in [-0.1, -0.05) is 13.8 Å². The van der Waals surface area contributed by atoms with Gasteiger partial charge in [0.25, 0.3) is 5.56 Å². The number of pyridine rings is 1. The van der Waals surface area contributed by atoms with Crippen molar-refractivity contribution in [3.8, 4) is 11.4 Å². The number of carboxylic acid groups (broad SMARTS) is 1. The van der Waals surface area contributed by atoms with E-state index in [4.69, 9.17) is 0 Å². The fourth-order valence-corrected chi connectivity index (χ4v) is 2.56. The number of aromatic amines is 1. The van der Waals surface area contributed by atoms with Crippen LogP contribution in [0.25, 0.3) is 11.4 Å². The lowest BCUT2D eigenvalue weighted by molar-refractivity contribution is -0.142. The standard InChI is InChI=1S/C18H22N4O4/c1-10(2)7-14(18(25)26)21-15(23)8-13-11(3)20-16(22-17(13)24)12-5-4-6-19-9-12/h4-6,9-10,14H,7-8H2,1-3H3,(H,21,23)(H,25,26)(H,20,22,24)/t14-/m1/s1. The Kier molecular flexibility index (Phi) is 6.21. The number of amides is 1. The van der Waals surface area contributed by atoms with Gasteiger partial charge in [-0.25, -0.2) is 9.78 Å². The Morgan fingerprint density at radius 3 is 2.62 bits per heavy atom. The molecule has 0 bridgehead atoms. The SMILES string of the molecule is Cc1nc(-c2cccnc2)[nH]c(=O)c1CC(=O)N[C@H](CC(C)C)C(=O)O. The van der Waals surface area contributed by atoms with Gasteiger partial charge in [0.2, 0.25) is 5.91 Å². The molecule has 0 saturated carbocycles. The fourth-order valence-electron chi connectivity index (χ4n) is 2.56. The number of H-pyrrole nitrogens is 1. The van der Waals surface area contributed by atoms with E-state index in [0.717, 1.165) is 0 Å². The molecule has 138 valence electrons. The van der Waals surface area contributed by atoms with Crippen LogP contribution in [0.5, 0.6) is 0 Å². The van der Waals surface area contributed by atoms with Crippen molar-refractivity contribution >= 4 is 11.9 Å². The van der Waals surface area contributed by atoms with Gasteiger partial charge >= 0.3 is 5.97 Å². The van der Waals surface area contributed by atoms with Crippen LogP contribution >= 0.6 is 0 Å². The molecule has 0 aliphatic carbocycles. The molecule has 0 fully saturated rings. The Morgan fingerprint density at radius 1 is 1.35 bits per heavy atom. The maximum atomic E-state index is 12.4. The molecule has 3 N–H and O–H groups in total.